The number of carbonyl (C=O) groups excluding carboxylic acids is 2. The molecule has 0 rings (SSSR count). The minimum absolute atomic E-state index is 0.172. The van der Waals surface area contributed by atoms with Crippen LogP contribution in [0.3, 0.4) is 0 Å². The smallest absolute Gasteiger partial charge is 0.462 e. The standard InChI is InChI=1S/C37H67O7P/c1-3-5-7-9-11-13-15-17-18-20-22-24-26-28-30-32-37(39)44-35(34-43-45(40)41)33-42-36(38)31-29-27-25-23-21-19-16-14-12-10-8-6-4-2/h11,13,17-18,35H,3-10,12,14-16,19-34H2,1-2H3/p+1/b13-11-,18-17-/t35-/m1/s1. The van der Waals surface area contributed by atoms with Gasteiger partial charge in [0.1, 0.15) is 13.2 Å². The van der Waals surface area contributed by atoms with Gasteiger partial charge in [-0.25, -0.2) is 0 Å². The van der Waals surface area contributed by atoms with E-state index in [2.05, 4.69) is 38.2 Å². The summed E-state index contributed by atoms with van der Waals surface area (Å²) >= 11 is 0. The van der Waals surface area contributed by atoms with Crippen LogP contribution in [-0.2, 0) is 28.2 Å². The largest absolute Gasteiger partial charge is 0.694 e. The molecule has 0 heterocycles. The molecule has 0 aliphatic rings. The SMILES string of the molecule is CCCCC/C=C\C/C=C\CCCCCCCC(=O)O[C@H](COC(=O)CCCCCCCCCCCCCCC)CO[P+](=O)O. The second-order valence-corrected chi connectivity index (χ2v) is 13.0. The molecule has 0 radical (unpaired) electrons. The Kier molecular flexibility index (Phi) is 34.1. The number of hydrogen-bond acceptors (Lipinski definition) is 6. The van der Waals surface area contributed by atoms with Crippen molar-refractivity contribution >= 4 is 20.2 Å². The molecule has 45 heavy (non-hydrogen) atoms. The van der Waals surface area contributed by atoms with E-state index >= 15 is 0 Å². The lowest BCUT2D eigenvalue weighted by Gasteiger charge is -2.15. The first kappa shape index (κ1) is 43.4. The number of hydrogen-bond donors (Lipinski definition) is 1. The summed E-state index contributed by atoms with van der Waals surface area (Å²) in [6, 6.07) is 0. The van der Waals surface area contributed by atoms with Crippen molar-refractivity contribution in [2.24, 2.45) is 0 Å². The highest BCUT2D eigenvalue weighted by molar-refractivity contribution is 7.32. The van der Waals surface area contributed by atoms with Gasteiger partial charge in [-0.2, -0.15) is 0 Å². The van der Waals surface area contributed by atoms with E-state index in [9.17, 15) is 14.2 Å². The second kappa shape index (κ2) is 35.3. The van der Waals surface area contributed by atoms with Crippen LogP contribution in [0.4, 0.5) is 0 Å². The van der Waals surface area contributed by atoms with Gasteiger partial charge in [0.2, 0.25) is 0 Å². The van der Waals surface area contributed by atoms with Crippen molar-refractivity contribution in [1.29, 1.82) is 0 Å². The van der Waals surface area contributed by atoms with Gasteiger partial charge in [-0.3, -0.25) is 9.59 Å². The molecule has 0 aliphatic heterocycles. The summed E-state index contributed by atoms with van der Waals surface area (Å²) < 4.78 is 26.4. The van der Waals surface area contributed by atoms with E-state index in [1.807, 2.05) is 0 Å². The summed E-state index contributed by atoms with van der Waals surface area (Å²) in [5.41, 5.74) is 0. The number of rotatable bonds is 34. The molecular weight excluding hydrogens is 587 g/mol. The van der Waals surface area contributed by atoms with Crippen LogP contribution < -0.4 is 0 Å². The number of allylic oxidation sites excluding steroid dienone is 4. The van der Waals surface area contributed by atoms with Crippen LogP contribution in [0.1, 0.15) is 181 Å². The Morgan fingerprint density at radius 1 is 0.578 bits per heavy atom. The molecular formula is C37H68O7P+. The Labute approximate surface area is 277 Å². The van der Waals surface area contributed by atoms with E-state index in [1.165, 1.54) is 89.9 Å². The summed E-state index contributed by atoms with van der Waals surface area (Å²) in [6.07, 6.45) is 36.9. The van der Waals surface area contributed by atoms with E-state index in [-0.39, 0.29) is 25.6 Å². The fourth-order valence-electron chi connectivity index (χ4n) is 5.13. The van der Waals surface area contributed by atoms with Gasteiger partial charge >= 0.3 is 20.2 Å². The highest BCUT2D eigenvalue weighted by Gasteiger charge is 2.23. The van der Waals surface area contributed by atoms with Gasteiger partial charge in [0.05, 0.1) is 0 Å². The zero-order valence-corrected chi connectivity index (χ0v) is 29.9. The molecule has 1 unspecified atom stereocenters. The molecule has 0 saturated carbocycles. The van der Waals surface area contributed by atoms with Crippen LogP contribution in [0.25, 0.3) is 0 Å². The fraction of sp³-hybridized carbons (Fsp3) is 0.838. The third kappa shape index (κ3) is 35.1. The van der Waals surface area contributed by atoms with Crippen molar-refractivity contribution in [1.82, 2.24) is 0 Å². The molecule has 262 valence electrons. The van der Waals surface area contributed by atoms with Gasteiger partial charge in [-0.1, -0.05) is 147 Å². The number of unbranched alkanes of at least 4 members (excludes halogenated alkanes) is 20. The van der Waals surface area contributed by atoms with Crippen molar-refractivity contribution in [3.63, 3.8) is 0 Å². The highest BCUT2D eigenvalue weighted by Crippen LogP contribution is 2.17. The molecule has 1 N–H and O–H groups in total. The Hall–Kier alpha value is -1.56. The number of carbonyl (C=O) groups is 2. The average molecular weight is 656 g/mol. The molecule has 0 aromatic carbocycles. The van der Waals surface area contributed by atoms with Gasteiger partial charge < -0.3 is 9.47 Å². The van der Waals surface area contributed by atoms with Gasteiger partial charge in [-0.15, -0.1) is 9.42 Å². The van der Waals surface area contributed by atoms with Crippen LogP contribution in [0.15, 0.2) is 24.3 Å². The quantitative estimate of drug-likeness (QED) is 0.0319. The molecule has 0 bridgehead atoms. The van der Waals surface area contributed by atoms with Crippen LogP contribution in [0.2, 0.25) is 0 Å². The van der Waals surface area contributed by atoms with Crippen LogP contribution >= 0.6 is 8.25 Å². The minimum Gasteiger partial charge on any atom is -0.462 e. The molecule has 0 aromatic rings. The zero-order valence-electron chi connectivity index (χ0n) is 29.0. The summed E-state index contributed by atoms with van der Waals surface area (Å²) in [5.74, 6) is -0.754. The maximum atomic E-state index is 12.3. The van der Waals surface area contributed by atoms with Crippen LogP contribution in [0, 0.1) is 0 Å². The normalized spacial score (nSPS) is 12.6. The molecule has 0 saturated heterocycles. The minimum atomic E-state index is -2.83. The van der Waals surface area contributed by atoms with Crippen molar-refractivity contribution in [3.05, 3.63) is 24.3 Å². The molecule has 8 heteroatoms. The van der Waals surface area contributed by atoms with Gasteiger partial charge in [0.15, 0.2) is 6.10 Å². The van der Waals surface area contributed by atoms with Crippen molar-refractivity contribution in [3.8, 4) is 0 Å². The predicted molar refractivity (Wildman–Crippen MR) is 186 cm³/mol. The summed E-state index contributed by atoms with van der Waals surface area (Å²) in [4.78, 5) is 33.5. The van der Waals surface area contributed by atoms with Gasteiger partial charge in [0, 0.05) is 17.4 Å². The van der Waals surface area contributed by atoms with Crippen LogP contribution in [-0.4, -0.2) is 36.1 Å². The van der Waals surface area contributed by atoms with Crippen LogP contribution in [0.5, 0.6) is 0 Å². The average Bonchev–Trinajstić information content (AvgIpc) is 3.02. The lowest BCUT2D eigenvalue weighted by Crippen LogP contribution is -2.29. The lowest BCUT2D eigenvalue weighted by atomic mass is 10.0. The first-order valence-corrected chi connectivity index (χ1v) is 19.6. The van der Waals surface area contributed by atoms with E-state index < -0.39 is 20.3 Å². The summed E-state index contributed by atoms with van der Waals surface area (Å²) in [5, 5.41) is 0. The van der Waals surface area contributed by atoms with E-state index in [0.29, 0.717) is 6.42 Å². The fourth-order valence-corrected chi connectivity index (χ4v) is 5.43. The molecule has 0 fully saturated rings. The molecule has 7 nitrogen and oxygen atoms in total. The van der Waals surface area contributed by atoms with E-state index in [0.717, 1.165) is 64.2 Å². The summed E-state index contributed by atoms with van der Waals surface area (Å²) in [6.45, 7) is 4.02. The molecule has 0 aliphatic carbocycles. The monoisotopic (exact) mass is 655 g/mol. The summed E-state index contributed by atoms with van der Waals surface area (Å²) in [7, 11) is -2.83. The molecule has 0 aromatic heterocycles. The van der Waals surface area contributed by atoms with Crippen molar-refractivity contribution in [2.45, 2.75) is 187 Å². The van der Waals surface area contributed by atoms with Gasteiger partial charge in [-0.05, 0) is 44.9 Å². The third-order valence-electron chi connectivity index (χ3n) is 7.92. The first-order chi connectivity index (χ1) is 22.0. The zero-order chi connectivity index (χ0) is 33.1. The first-order valence-electron chi connectivity index (χ1n) is 18.4. The topological polar surface area (TPSA) is 99.1 Å². The molecule has 0 spiro atoms. The lowest BCUT2D eigenvalue weighted by molar-refractivity contribution is -0.161. The second-order valence-electron chi connectivity index (χ2n) is 12.3. The van der Waals surface area contributed by atoms with Crippen molar-refractivity contribution in [2.75, 3.05) is 13.2 Å². The third-order valence-corrected chi connectivity index (χ3v) is 8.29. The maximum absolute atomic E-state index is 12.3. The number of esters is 2. The molecule has 0 amide bonds. The maximum Gasteiger partial charge on any atom is 0.694 e. The predicted octanol–water partition coefficient (Wildman–Crippen LogP) is 11.4. The Morgan fingerprint density at radius 3 is 1.51 bits per heavy atom. The Bertz CT molecular complexity index is 753. The Balaban J connectivity index is 3.89. The van der Waals surface area contributed by atoms with E-state index in [4.69, 9.17) is 18.9 Å². The number of ether oxygens (including phenoxy) is 2. The van der Waals surface area contributed by atoms with E-state index in [1.54, 1.807) is 0 Å². The van der Waals surface area contributed by atoms with Gasteiger partial charge in [0.25, 0.3) is 0 Å². The van der Waals surface area contributed by atoms with Crippen molar-refractivity contribution < 1.29 is 33.0 Å². The Morgan fingerprint density at radius 2 is 1.00 bits per heavy atom. The highest BCUT2D eigenvalue weighted by atomic mass is 31.1. The molecule has 2 atom stereocenters.